The molecule has 0 saturated carbocycles. The number of halogens is 2. The van der Waals surface area contributed by atoms with Gasteiger partial charge in [-0.3, -0.25) is 4.79 Å². The van der Waals surface area contributed by atoms with Gasteiger partial charge in [-0.05, 0) is 36.4 Å². The number of thioether (sulfide) groups is 1. The summed E-state index contributed by atoms with van der Waals surface area (Å²) >= 11 is 1.15. The van der Waals surface area contributed by atoms with Crippen molar-refractivity contribution in [3.05, 3.63) is 54.6 Å². The zero-order valence-electron chi connectivity index (χ0n) is 14.8. The van der Waals surface area contributed by atoms with E-state index >= 15 is 0 Å². The van der Waals surface area contributed by atoms with Crippen LogP contribution in [0.25, 0.3) is 11.4 Å². The average molecular weight is 405 g/mol. The second-order valence-corrected chi connectivity index (χ2v) is 6.60. The summed E-state index contributed by atoms with van der Waals surface area (Å²) in [4.78, 5) is 13.9. The van der Waals surface area contributed by atoms with E-state index in [2.05, 4.69) is 14.9 Å². The number of nitrogen functional groups attached to an aromatic ring is 1. The topological polar surface area (TPSA) is 86.3 Å². The third-order valence-electron chi connectivity index (χ3n) is 3.84. The molecule has 28 heavy (non-hydrogen) atoms. The van der Waals surface area contributed by atoms with Gasteiger partial charge in [-0.1, -0.05) is 30.0 Å². The first-order valence-corrected chi connectivity index (χ1v) is 9.14. The molecule has 2 aromatic carbocycles. The number of amides is 1. The minimum atomic E-state index is -2.89. The number of nitrogens with zero attached hydrogens (tertiary/aromatic N) is 4. The molecule has 10 heteroatoms. The maximum absolute atomic E-state index is 12.4. The molecular formula is C18H17F2N5O2S. The van der Waals surface area contributed by atoms with Gasteiger partial charge in [0.25, 0.3) is 0 Å². The van der Waals surface area contributed by atoms with Crippen molar-refractivity contribution in [2.45, 2.75) is 11.8 Å². The molecule has 2 N–H and O–H groups in total. The first-order valence-electron chi connectivity index (χ1n) is 8.16. The number of nitrogens with two attached hydrogens (primary N) is 1. The summed E-state index contributed by atoms with van der Waals surface area (Å²) in [5.41, 5.74) is 1.37. The molecule has 0 aliphatic carbocycles. The van der Waals surface area contributed by atoms with Crippen molar-refractivity contribution >= 4 is 23.4 Å². The van der Waals surface area contributed by atoms with Crippen LogP contribution in [0.4, 0.5) is 14.5 Å². The van der Waals surface area contributed by atoms with Gasteiger partial charge in [0.2, 0.25) is 11.1 Å². The Morgan fingerprint density at radius 1 is 1.18 bits per heavy atom. The fourth-order valence-corrected chi connectivity index (χ4v) is 3.15. The molecule has 0 saturated heterocycles. The zero-order chi connectivity index (χ0) is 20.1. The number of carbonyl (C=O) groups is 1. The lowest BCUT2D eigenvalue weighted by Gasteiger charge is -2.16. The first kappa shape index (κ1) is 19.6. The molecule has 1 heterocycles. The van der Waals surface area contributed by atoms with Crippen LogP contribution in [0.2, 0.25) is 0 Å². The smallest absolute Gasteiger partial charge is 0.387 e. The van der Waals surface area contributed by atoms with Crippen molar-refractivity contribution in [3.63, 3.8) is 0 Å². The van der Waals surface area contributed by atoms with Crippen molar-refractivity contribution in [2.24, 2.45) is 0 Å². The highest BCUT2D eigenvalue weighted by Gasteiger charge is 2.16. The van der Waals surface area contributed by atoms with Crippen LogP contribution in [0.1, 0.15) is 0 Å². The minimum Gasteiger partial charge on any atom is -0.435 e. The van der Waals surface area contributed by atoms with E-state index in [4.69, 9.17) is 5.84 Å². The maximum Gasteiger partial charge on any atom is 0.387 e. The first-order chi connectivity index (χ1) is 13.5. The molecule has 0 fully saturated rings. The number of anilines is 1. The molecule has 7 nitrogen and oxygen atoms in total. The van der Waals surface area contributed by atoms with Crippen molar-refractivity contribution in [3.8, 4) is 17.1 Å². The molecule has 146 valence electrons. The average Bonchev–Trinajstić information content (AvgIpc) is 3.07. The Morgan fingerprint density at radius 2 is 1.86 bits per heavy atom. The number of carbonyl (C=O) groups excluding carboxylic acids is 1. The number of benzene rings is 2. The Bertz CT molecular complexity index is 935. The van der Waals surface area contributed by atoms with Crippen molar-refractivity contribution in [1.29, 1.82) is 0 Å². The summed E-state index contributed by atoms with van der Waals surface area (Å²) in [5, 5.41) is 8.37. The monoisotopic (exact) mass is 405 g/mol. The van der Waals surface area contributed by atoms with Gasteiger partial charge in [0, 0.05) is 18.3 Å². The number of hydrogen-bond donors (Lipinski definition) is 1. The number of ether oxygens (including phenoxy) is 1. The molecule has 0 spiro atoms. The van der Waals surface area contributed by atoms with Gasteiger partial charge in [-0.15, -0.1) is 10.2 Å². The Hall–Kier alpha value is -3.14. The quantitative estimate of drug-likeness (QED) is 0.480. The van der Waals surface area contributed by atoms with Crippen LogP contribution >= 0.6 is 11.8 Å². The number of hydrogen-bond acceptors (Lipinski definition) is 6. The maximum atomic E-state index is 12.4. The lowest BCUT2D eigenvalue weighted by molar-refractivity contribution is -0.115. The van der Waals surface area contributed by atoms with E-state index < -0.39 is 6.61 Å². The second kappa shape index (κ2) is 8.70. The highest BCUT2D eigenvalue weighted by Crippen LogP contribution is 2.24. The molecule has 3 aromatic rings. The molecule has 1 amide bonds. The Kier molecular flexibility index (Phi) is 6.09. The van der Waals surface area contributed by atoms with Gasteiger partial charge in [0.15, 0.2) is 5.82 Å². The standard InChI is InChI=1S/C18H17F2N5O2S/c1-24(13-5-3-2-4-6-13)15(26)11-28-18-23-22-16(25(18)21)12-7-9-14(10-8-12)27-17(19)20/h2-10,17H,11,21H2,1H3. The number of para-hydroxylation sites is 1. The predicted molar refractivity (Wildman–Crippen MR) is 103 cm³/mol. The summed E-state index contributed by atoms with van der Waals surface area (Å²) in [7, 11) is 1.69. The van der Waals surface area contributed by atoms with Crippen molar-refractivity contribution < 1.29 is 18.3 Å². The van der Waals surface area contributed by atoms with Crippen LogP contribution < -0.4 is 15.5 Å². The summed E-state index contributed by atoms with van der Waals surface area (Å²) in [6, 6.07) is 15.1. The highest BCUT2D eigenvalue weighted by atomic mass is 32.2. The van der Waals surface area contributed by atoms with Gasteiger partial charge in [0.05, 0.1) is 5.75 Å². The van der Waals surface area contributed by atoms with E-state index in [1.165, 1.54) is 16.8 Å². The van der Waals surface area contributed by atoms with E-state index in [1.54, 1.807) is 24.1 Å². The fourth-order valence-electron chi connectivity index (χ4n) is 2.38. The fraction of sp³-hybridized carbons (Fsp3) is 0.167. The van der Waals surface area contributed by atoms with Crippen LogP contribution in [0, 0.1) is 0 Å². The van der Waals surface area contributed by atoms with Gasteiger partial charge in [0.1, 0.15) is 5.75 Å². The van der Waals surface area contributed by atoms with Crippen LogP contribution in [-0.4, -0.2) is 40.2 Å². The van der Waals surface area contributed by atoms with E-state index in [9.17, 15) is 13.6 Å². The predicted octanol–water partition coefficient (Wildman–Crippen LogP) is 3.02. The number of alkyl halides is 2. The Morgan fingerprint density at radius 3 is 2.50 bits per heavy atom. The highest BCUT2D eigenvalue weighted by molar-refractivity contribution is 7.99. The summed E-state index contributed by atoms with van der Waals surface area (Å²) in [6.07, 6.45) is 0. The SMILES string of the molecule is CN(C(=O)CSc1nnc(-c2ccc(OC(F)F)cc2)n1N)c1ccccc1. The van der Waals surface area contributed by atoms with E-state index in [0.717, 1.165) is 17.4 Å². The molecule has 0 atom stereocenters. The van der Waals surface area contributed by atoms with E-state index in [-0.39, 0.29) is 17.4 Å². The third-order valence-corrected chi connectivity index (χ3v) is 4.77. The molecule has 3 rings (SSSR count). The van der Waals surface area contributed by atoms with Gasteiger partial charge >= 0.3 is 6.61 Å². The van der Waals surface area contributed by atoms with Gasteiger partial charge in [-0.2, -0.15) is 8.78 Å². The van der Waals surface area contributed by atoms with Crippen LogP contribution in [0.5, 0.6) is 5.75 Å². The van der Waals surface area contributed by atoms with Crippen LogP contribution in [-0.2, 0) is 4.79 Å². The summed E-state index contributed by atoms with van der Waals surface area (Å²) < 4.78 is 30.0. The lowest BCUT2D eigenvalue weighted by atomic mass is 10.2. The molecule has 0 aliphatic rings. The lowest BCUT2D eigenvalue weighted by Crippen LogP contribution is -2.28. The third kappa shape index (κ3) is 4.58. The molecule has 0 radical (unpaired) electrons. The van der Waals surface area contributed by atoms with E-state index in [0.29, 0.717) is 16.5 Å². The Labute approximate surface area is 164 Å². The molecule has 0 aliphatic heterocycles. The number of aromatic nitrogens is 3. The zero-order valence-corrected chi connectivity index (χ0v) is 15.6. The summed E-state index contributed by atoms with van der Waals surface area (Å²) in [5.74, 6) is 6.41. The molecular weight excluding hydrogens is 388 g/mol. The minimum absolute atomic E-state index is 0.0333. The van der Waals surface area contributed by atoms with Crippen molar-refractivity contribution in [2.75, 3.05) is 23.5 Å². The Balaban J connectivity index is 1.65. The summed E-state index contributed by atoms with van der Waals surface area (Å²) in [6.45, 7) is -2.89. The van der Waals surface area contributed by atoms with Crippen LogP contribution in [0.15, 0.2) is 59.8 Å². The van der Waals surface area contributed by atoms with Gasteiger partial charge < -0.3 is 15.5 Å². The van der Waals surface area contributed by atoms with Crippen LogP contribution in [0.3, 0.4) is 0 Å². The second-order valence-electron chi connectivity index (χ2n) is 5.66. The molecule has 0 unspecified atom stereocenters. The molecule has 1 aromatic heterocycles. The number of rotatable bonds is 7. The van der Waals surface area contributed by atoms with Gasteiger partial charge in [-0.25, -0.2) is 4.68 Å². The largest absolute Gasteiger partial charge is 0.435 e. The molecule has 0 bridgehead atoms. The van der Waals surface area contributed by atoms with E-state index in [1.807, 2.05) is 30.3 Å². The normalized spacial score (nSPS) is 10.9. The van der Waals surface area contributed by atoms with Crippen molar-refractivity contribution in [1.82, 2.24) is 14.9 Å².